The molecule has 0 radical (unpaired) electrons. The lowest BCUT2D eigenvalue weighted by Crippen LogP contribution is -2.16. The molecule has 0 unspecified atom stereocenters. The second-order valence-electron chi connectivity index (χ2n) is 5.50. The summed E-state index contributed by atoms with van der Waals surface area (Å²) in [7, 11) is 1.81. The van der Waals surface area contributed by atoms with Gasteiger partial charge in [0.2, 0.25) is 5.91 Å². The van der Waals surface area contributed by atoms with Crippen LogP contribution in [0.3, 0.4) is 0 Å². The molecule has 2 aromatic heterocycles. The van der Waals surface area contributed by atoms with Gasteiger partial charge in [-0.2, -0.15) is 5.10 Å². The van der Waals surface area contributed by atoms with Crippen LogP contribution in [0.15, 0.2) is 47.9 Å². The molecule has 0 aliphatic heterocycles. The van der Waals surface area contributed by atoms with E-state index in [2.05, 4.69) is 28.4 Å². The van der Waals surface area contributed by atoms with E-state index < -0.39 is 0 Å². The molecule has 6 nitrogen and oxygen atoms in total. The number of anilines is 1. The number of carbonyl (C=O) groups excluding carboxylic acids is 1. The molecule has 0 aliphatic carbocycles. The molecule has 0 spiro atoms. The molecule has 3 aromatic rings. The number of hydrogen-bond acceptors (Lipinski definition) is 4. The number of rotatable bonds is 5. The number of nitrogens with one attached hydrogen (secondary N) is 1. The van der Waals surface area contributed by atoms with Gasteiger partial charge in [0, 0.05) is 25.5 Å². The number of amides is 1. The zero-order valence-electron chi connectivity index (χ0n) is 13.9. The summed E-state index contributed by atoms with van der Waals surface area (Å²) in [6.45, 7) is 3.95. The van der Waals surface area contributed by atoms with Crippen molar-refractivity contribution in [3.05, 3.63) is 54.0 Å². The molecule has 0 atom stereocenters. The van der Waals surface area contributed by atoms with Gasteiger partial charge in [0.25, 0.3) is 0 Å². The molecule has 124 valence electrons. The van der Waals surface area contributed by atoms with Crippen LogP contribution in [-0.2, 0) is 11.8 Å². The normalized spacial score (nSPS) is 10.8. The van der Waals surface area contributed by atoms with E-state index in [4.69, 9.17) is 0 Å². The van der Waals surface area contributed by atoms with Crippen LogP contribution in [0.4, 0.5) is 5.82 Å². The van der Waals surface area contributed by atoms with Crippen molar-refractivity contribution in [2.75, 3.05) is 11.1 Å². The summed E-state index contributed by atoms with van der Waals surface area (Å²) < 4.78 is 3.66. The Bertz CT molecular complexity index is 868. The highest BCUT2D eigenvalue weighted by Gasteiger charge is 2.12. The molecular weight excluding hydrogens is 322 g/mol. The quantitative estimate of drug-likeness (QED) is 0.725. The van der Waals surface area contributed by atoms with E-state index in [1.54, 1.807) is 17.9 Å². The van der Waals surface area contributed by atoms with Gasteiger partial charge in [-0.1, -0.05) is 30.0 Å². The molecule has 1 N–H and O–H groups in total. The van der Waals surface area contributed by atoms with Crippen LogP contribution in [-0.4, -0.2) is 31.0 Å². The van der Waals surface area contributed by atoms with E-state index in [0.29, 0.717) is 5.82 Å². The largest absolute Gasteiger partial charge is 0.310 e. The number of benzene rings is 1. The first-order chi connectivity index (χ1) is 11.5. The number of hydrogen-bond donors (Lipinski definition) is 1. The molecule has 0 saturated heterocycles. The first-order valence-corrected chi connectivity index (χ1v) is 8.56. The molecular formula is C17H19N5OS. The summed E-state index contributed by atoms with van der Waals surface area (Å²) in [5.74, 6) is 0.898. The van der Waals surface area contributed by atoms with Gasteiger partial charge in [0.05, 0.1) is 17.1 Å². The number of aromatic nitrogens is 4. The number of carbonyl (C=O) groups is 1. The Labute approximate surface area is 144 Å². The van der Waals surface area contributed by atoms with Gasteiger partial charge in [-0.25, -0.2) is 4.98 Å². The van der Waals surface area contributed by atoms with E-state index in [1.807, 2.05) is 42.0 Å². The van der Waals surface area contributed by atoms with Crippen LogP contribution in [0.25, 0.3) is 5.69 Å². The minimum absolute atomic E-state index is 0.0812. The molecule has 0 fully saturated rings. The van der Waals surface area contributed by atoms with Gasteiger partial charge in [-0.05, 0) is 25.5 Å². The molecule has 24 heavy (non-hydrogen) atoms. The number of imidazole rings is 1. The lowest BCUT2D eigenvalue weighted by molar-refractivity contribution is -0.113. The fraction of sp³-hybridized carbons (Fsp3) is 0.235. The number of thioether (sulfide) groups is 1. The van der Waals surface area contributed by atoms with Crippen LogP contribution in [0.1, 0.15) is 11.3 Å². The van der Waals surface area contributed by atoms with Crippen molar-refractivity contribution in [3.8, 4) is 5.69 Å². The zero-order valence-corrected chi connectivity index (χ0v) is 14.7. The maximum absolute atomic E-state index is 12.2. The second kappa shape index (κ2) is 6.92. The Kier molecular flexibility index (Phi) is 4.71. The predicted octanol–water partition coefficient (Wildman–Crippen LogP) is 2.95. The smallest absolute Gasteiger partial charge is 0.235 e. The van der Waals surface area contributed by atoms with Gasteiger partial charge in [-0.3, -0.25) is 14.0 Å². The van der Waals surface area contributed by atoms with E-state index in [-0.39, 0.29) is 11.7 Å². The summed E-state index contributed by atoms with van der Waals surface area (Å²) in [6, 6.07) is 9.94. The molecule has 0 aliphatic rings. The minimum atomic E-state index is -0.0812. The summed E-state index contributed by atoms with van der Waals surface area (Å²) >= 11 is 1.41. The first-order valence-electron chi connectivity index (χ1n) is 7.57. The Morgan fingerprint density at radius 3 is 2.79 bits per heavy atom. The third-order valence-electron chi connectivity index (χ3n) is 3.58. The molecule has 0 saturated carbocycles. The Balaban J connectivity index is 1.68. The molecule has 7 heteroatoms. The Morgan fingerprint density at radius 1 is 1.29 bits per heavy atom. The molecule has 1 aromatic carbocycles. The van der Waals surface area contributed by atoms with Gasteiger partial charge in [0.15, 0.2) is 5.16 Å². The van der Waals surface area contributed by atoms with Gasteiger partial charge in [0.1, 0.15) is 5.82 Å². The van der Waals surface area contributed by atoms with E-state index in [1.165, 1.54) is 11.8 Å². The maximum atomic E-state index is 12.2. The maximum Gasteiger partial charge on any atom is 0.235 e. The number of nitrogens with zero attached hydrogens (tertiary/aromatic N) is 4. The first kappa shape index (κ1) is 16.3. The van der Waals surface area contributed by atoms with Gasteiger partial charge < -0.3 is 5.32 Å². The van der Waals surface area contributed by atoms with Crippen LogP contribution >= 0.6 is 11.8 Å². The van der Waals surface area contributed by atoms with Gasteiger partial charge >= 0.3 is 0 Å². The van der Waals surface area contributed by atoms with Crippen molar-refractivity contribution in [3.63, 3.8) is 0 Å². The lowest BCUT2D eigenvalue weighted by atomic mass is 10.2. The van der Waals surface area contributed by atoms with Crippen molar-refractivity contribution in [1.29, 1.82) is 0 Å². The molecule has 1 amide bonds. The van der Waals surface area contributed by atoms with Crippen LogP contribution in [0.2, 0.25) is 0 Å². The fourth-order valence-electron chi connectivity index (χ4n) is 2.45. The minimum Gasteiger partial charge on any atom is -0.310 e. The lowest BCUT2D eigenvalue weighted by Gasteiger charge is -2.10. The average molecular weight is 341 g/mol. The second-order valence-corrected chi connectivity index (χ2v) is 6.44. The molecule has 0 bridgehead atoms. The van der Waals surface area contributed by atoms with E-state index in [0.717, 1.165) is 22.1 Å². The van der Waals surface area contributed by atoms with Crippen molar-refractivity contribution < 1.29 is 4.79 Å². The fourth-order valence-corrected chi connectivity index (χ4v) is 3.22. The van der Waals surface area contributed by atoms with Crippen LogP contribution < -0.4 is 5.32 Å². The summed E-state index contributed by atoms with van der Waals surface area (Å²) in [5.41, 5.74) is 3.10. The molecule has 2 heterocycles. The van der Waals surface area contributed by atoms with Crippen molar-refractivity contribution in [2.24, 2.45) is 7.05 Å². The third kappa shape index (κ3) is 3.51. The van der Waals surface area contributed by atoms with Crippen LogP contribution in [0, 0.1) is 13.8 Å². The SMILES string of the molecule is Cc1cc(NC(=O)CSc2nccn2-c2ccccc2C)n(C)n1. The Hall–Kier alpha value is -2.54. The highest BCUT2D eigenvalue weighted by atomic mass is 32.2. The van der Waals surface area contributed by atoms with Crippen molar-refractivity contribution in [1.82, 2.24) is 19.3 Å². The van der Waals surface area contributed by atoms with Crippen LogP contribution in [0.5, 0.6) is 0 Å². The predicted molar refractivity (Wildman–Crippen MR) is 95.6 cm³/mol. The Morgan fingerprint density at radius 2 is 2.08 bits per heavy atom. The molecule has 3 rings (SSSR count). The van der Waals surface area contributed by atoms with Crippen molar-refractivity contribution in [2.45, 2.75) is 19.0 Å². The average Bonchev–Trinajstić information content (AvgIpc) is 3.12. The topological polar surface area (TPSA) is 64.7 Å². The highest BCUT2D eigenvalue weighted by molar-refractivity contribution is 7.99. The van der Waals surface area contributed by atoms with Gasteiger partial charge in [-0.15, -0.1) is 0 Å². The highest BCUT2D eigenvalue weighted by Crippen LogP contribution is 2.22. The van der Waals surface area contributed by atoms with E-state index >= 15 is 0 Å². The standard InChI is InChI=1S/C17H19N5OS/c1-12-6-4-5-7-14(12)22-9-8-18-17(22)24-11-16(23)19-15-10-13(2)20-21(15)3/h4-10H,11H2,1-3H3,(H,19,23). The summed E-state index contributed by atoms with van der Waals surface area (Å²) in [4.78, 5) is 16.5. The zero-order chi connectivity index (χ0) is 17.1. The summed E-state index contributed by atoms with van der Waals surface area (Å²) in [6.07, 6.45) is 3.66. The summed E-state index contributed by atoms with van der Waals surface area (Å²) in [5, 5.41) is 7.88. The van der Waals surface area contributed by atoms with Crippen molar-refractivity contribution >= 4 is 23.5 Å². The monoisotopic (exact) mass is 341 g/mol. The number of aryl methyl sites for hydroxylation is 3. The third-order valence-corrected chi connectivity index (χ3v) is 4.55. The van der Waals surface area contributed by atoms with E-state index in [9.17, 15) is 4.79 Å². The number of para-hydroxylation sites is 1.